The summed E-state index contributed by atoms with van der Waals surface area (Å²) in [4.78, 5) is 19.6. The molecule has 3 aromatic heterocycles. The number of nitrogens with zero attached hydrogens (tertiary/aromatic N) is 4. The largest absolute Gasteiger partial charge is 0.281 e. The number of hydrogen-bond acceptors (Lipinski definition) is 5. The van der Waals surface area contributed by atoms with Crippen molar-refractivity contribution in [3.63, 3.8) is 0 Å². The van der Waals surface area contributed by atoms with Gasteiger partial charge in [-0.1, -0.05) is 17.4 Å². The van der Waals surface area contributed by atoms with Crippen molar-refractivity contribution in [1.82, 2.24) is 14.8 Å². The molecule has 0 N–H and O–H groups in total. The van der Waals surface area contributed by atoms with Crippen LogP contribution in [0.5, 0.6) is 0 Å². The Balaban J connectivity index is 1.70. The lowest BCUT2D eigenvalue weighted by Gasteiger charge is -2.19. The van der Waals surface area contributed by atoms with E-state index in [1.165, 1.54) is 28.7 Å². The fourth-order valence-corrected chi connectivity index (χ4v) is 4.84. The van der Waals surface area contributed by atoms with Gasteiger partial charge < -0.3 is 0 Å². The number of carbonyl (C=O) groups excluding carboxylic acids is 1. The quantitative estimate of drug-likeness (QED) is 0.438. The third-order valence-electron chi connectivity index (χ3n) is 3.73. The Morgan fingerprint density at radius 1 is 1.23 bits per heavy atom. The molecule has 4 rings (SSSR count). The predicted molar refractivity (Wildman–Crippen MR) is 106 cm³/mol. The maximum absolute atomic E-state index is 14.0. The van der Waals surface area contributed by atoms with Crippen molar-refractivity contribution < 1.29 is 9.18 Å². The Morgan fingerprint density at radius 3 is 2.81 bits per heavy atom. The van der Waals surface area contributed by atoms with Gasteiger partial charge in [0.2, 0.25) is 0 Å². The zero-order chi connectivity index (χ0) is 18.1. The summed E-state index contributed by atoms with van der Waals surface area (Å²) in [7, 11) is 0. The van der Waals surface area contributed by atoms with Gasteiger partial charge in [0.05, 0.1) is 19.9 Å². The van der Waals surface area contributed by atoms with Gasteiger partial charge in [-0.2, -0.15) is 5.10 Å². The lowest BCUT2D eigenvalue weighted by atomic mass is 10.3. The van der Waals surface area contributed by atoms with E-state index in [1.54, 1.807) is 34.0 Å². The lowest BCUT2D eigenvalue weighted by molar-refractivity contribution is 0.0989. The zero-order valence-corrected chi connectivity index (χ0v) is 16.5. The topological polar surface area (TPSA) is 51.0 Å². The number of fused-ring (bicyclic) bond motifs is 1. The van der Waals surface area contributed by atoms with Gasteiger partial charge in [0.15, 0.2) is 5.13 Å². The number of thiophene rings is 1. The van der Waals surface area contributed by atoms with Gasteiger partial charge >= 0.3 is 0 Å². The van der Waals surface area contributed by atoms with Crippen LogP contribution in [-0.4, -0.2) is 27.2 Å². The van der Waals surface area contributed by atoms with Crippen molar-refractivity contribution in [3.8, 4) is 0 Å². The molecule has 0 fully saturated rings. The molecule has 0 radical (unpaired) electrons. The van der Waals surface area contributed by atoms with Crippen molar-refractivity contribution >= 4 is 59.9 Å². The van der Waals surface area contributed by atoms with Gasteiger partial charge in [-0.15, -0.1) is 11.3 Å². The molecule has 0 spiro atoms. The minimum absolute atomic E-state index is 0.160. The first-order valence-electron chi connectivity index (χ1n) is 7.71. The Labute approximate surface area is 164 Å². The molecule has 1 aromatic carbocycles. The molecular formula is C17H12BrFN4OS2. The van der Waals surface area contributed by atoms with Crippen LogP contribution in [0, 0.1) is 5.82 Å². The fourth-order valence-electron chi connectivity index (χ4n) is 2.50. The molecule has 26 heavy (non-hydrogen) atoms. The monoisotopic (exact) mass is 450 g/mol. The van der Waals surface area contributed by atoms with Gasteiger partial charge in [0.25, 0.3) is 5.91 Å². The number of anilines is 1. The second kappa shape index (κ2) is 7.26. The Bertz CT molecular complexity index is 1060. The molecule has 0 aliphatic heterocycles. The van der Waals surface area contributed by atoms with E-state index in [2.05, 4.69) is 26.0 Å². The normalized spacial score (nSPS) is 11.2. The average Bonchev–Trinajstić information content (AvgIpc) is 3.35. The zero-order valence-electron chi connectivity index (χ0n) is 13.3. The standard InChI is InChI=1S/C17H12BrFN4OS2/c18-14-6-5-13(25-14)16(24)23(10-9-22-8-2-7-20-22)17-21-15-11(19)3-1-4-12(15)26-17/h1-8H,9-10H2. The third kappa shape index (κ3) is 3.42. The molecule has 0 saturated carbocycles. The van der Waals surface area contributed by atoms with Crippen LogP contribution in [0.15, 0.2) is 52.6 Å². The highest BCUT2D eigenvalue weighted by atomic mass is 79.9. The smallest absolute Gasteiger partial charge is 0.270 e. The number of hydrogen-bond donors (Lipinski definition) is 0. The van der Waals surface area contributed by atoms with Crippen LogP contribution >= 0.6 is 38.6 Å². The minimum Gasteiger partial charge on any atom is -0.281 e. The first kappa shape index (κ1) is 17.3. The van der Waals surface area contributed by atoms with Crippen molar-refractivity contribution in [2.24, 2.45) is 0 Å². The van der Waals surface area contributed by atoms with Crippen LogP contribution in [0.25, 0.3) is 10.2 Å². The summed E-state index contributed by atoms with van der Waals surface area (Å²) in [6.07, 6.45) is 3.53. The number of para-hydroxylation sites is 1. The van der Waals surface area contributed by atoms with E-state index in [-0.39, 0.29) is 17.2 Å². The number of rotatable bonds is 5. The van der Waals surface area contributed by atoms with E-state index < -0.39 is 0 Å². The number of thiazole rings is 1. The fraction of sp³-hybridized carbons (Fsp3) is 0.118. The summed E-state index contributed by atoms with van der Waals surface area (Å²) in [6, 6.07) is 10.3. The van der Waals surface area contributed by atoms with Crippen LogP contribution in [0.2, 0.25) is 0 Å². The summed E-state index contributed by atoms with van der Waals surface area (Å²) in [5.74, 6) is -0.546. The second-order valence-corrected chi connectivity index (χ2v) is 8.88. The van der Waals surface area contributed by atoms with E-state index in [9.17, 15) is 9.18 Å². The summed E-state index contributed by atoms with van der Waals surface area (Å²) in [5.41, 5.74) is 0.289. The third-order valence-corrected chi connectivity index (χ3v) is 6.39. The molecule has 0 atom stereocenters. The van der Waals surface area contributed by atoms with E-state index >= 15 is 0 Å². The number of amides is 1. The lowest BCUT2D eigenvalue weighted by Crippen LogP contribution is -2.33. The van der Waals surface area contributed by atoms with Gasteiger partial charge in [-0.05, 0) is 46.3 Å². The summed E-state index contributed by atoms with van der Waals surface area (Å²) in [5, 5.41) is 4.65. The van der Waals surface area contributed by atoms with Crippen molar-refractivity contribution in [3.05, 3.63) is 63.3 Å². The highest BCUT2D eigenvalue weighted by Crippen LogP contribution is 2.32. The minimum atomic E-state index is -0.386. The van der Waals surface area contributed by atoms with E-state index in [0.29, 0.717) is 27.8 Å². The molecule has 0 aliphatic carbocycles. The van der Waals surface area contributed by atoms with Crippen molar-refractivity contribution in [2.45, 2.75) is 6.54 Å². The molecule has 3 heterocycles. The number of halogens is 2. The van der Waals surface area contributed by atoms with Crippen LogP contribution < -0.4 is 4.90 Å². The molecular weight excluding hydrogens is 439 g/mol. The van der Waals surface area contributed by atoms with Crippen molar-refractivity contribution in [1.29, 1.82) is 0 Å². The van der Waals surface area contributed by atoms with Gasteiger partial charge in [-0.25, -0.2) is 9.37 Å². The molecule has 9 heteroatoms. The molecule has 4 aromatic rings. The van der Waals surface area contributed by atoms with Crippen molar-refractivity contribution in [2.75, 3.05) is 11.4 Å². The summed E-state index contributed by atoms with van der Waals surface area (Å²) >= 11 is 6.05. The molecule has 1 amide bonds. The highest BCUT2D eigenvalue weighted by molar-refractivity contribution is 9.11. The molecule has 0 saturated heterocycles. The number of benzene rings is 1. The summed E-state index contributed by atoms with van der Waals surface area (Å²) < 4.78 is 17.4. The first-order valence-corrected chi connectivity index (χ1v) is 10.1. The molecule has 0 aliphatic rings. The Hall–Kier alpha value is -2.10. The Kier molecular flexibility index (Phi) is 4.84. The summed E-state index contributed by atoms with van der Waals surface area (Å²) in [6.45, 7) is 0.904. The molecule has 132 valence electrons. The van der Waals surface area contributed by atoms with Gasteiger partial charge in [0, 0.05) is 18.9 Å². The number of aromatic nitrogens is 3. The van der Waals surface area contributed by atoms with Crippen LogP contribution in [-0.2, 0) is 6.54 Å². The van der Waals surface area contributed by atoms with E-state index in [1.807, 2.05) is 18.3 Å². The maximum Gasteiger partial charge on any atom is 0.270 e. The average molecular weight is 451 g/mol. The Morgan fingerprint density at radius 2 is 2.12 bits per heavy atom. The second-order valence-electron chi connectivity index (χ2n) is 5.41. The maximum atomic E-state index is 14.0. The highest BCUT2D eigenvalue weighted by Gasteiger charge is 2.23. The predicted octanol–water partition coefficient (Wildman–Crippen LogP) is 4.80. The molecule has 0 bridgehead atoms. The van der Waals surface area contributed by atoms with Crippen LogP contribution in [0.1, 0.15) is 9.67 Å². The van der Waals surface area contributed by atoms with Crippen LogP contribution in [0.4, 0.5) is 9.52 Å². The van der Waals surface area contributed by atoms with Crippen LogP contribution in [0.3, 0.4) is 0 Å². The molecule has 0 unspecified atom stereocenters. The van der Waals surface area contributed by atoms with Gasteiger partial charge in [-0.3, -0.25) is 14.4 Å². The SMILES string of the molecule is O=C(c1ccc(Br)s1)N(CCn1cccn1)c1nc2c(F)cccc2s1. The van der Waals surface area contributed by atoms with E-state index in [0.717, 1.165) is 3.79 Å². The van der Waals surface area contributed by atoms with Gasteiger partial charge in [0.1, 0.15) is 11.3 Å². The number of carbonyl (C=O) groups is 1. The molecule has 5 nitrogen and oxygen atoms in total. The van der Waals surface area contributed by atoms with E-state index in [4.69, 9.17) is 0 Å². The first-order chi connectivity index (χ1) is 12.6.